The molecule has 5 heteroatoms. The Morgan fingerprint density at radius 2 is 2.10 bits per heavy atom. The van der Waals surface area contributed by atoms with Crippen LogP contribution in [0, 0.1) is 0 Å². The average Bonchev–Trinajstić information content (AvgIpc) is 2.94. The van der Waals surface area contributed by atoms with E-state index in [0.29, 0.717) is 18.5 Å². The third-order valence-corrected chi connectivity index (χ3v) is 3.47. The predicted molar refractivity (Wildman–Crippen MR) is 83.1 cm³/mol. The van der Waals surface area contributed by atoms with Gasteiger partial charge >= 0.3 is 0 Å². The molecular formula is C16H21N3O2. The standard InChI is InChI=1S/C16H21N3O2/c1-3-11(2)19-15(20)7-9-18-16(21)13-4-5-14-12(10-13)6-8-17-14/h4-6,8,10-11,17H,3,7,9H2,1-2H3,(H,18,21)(H,19,20). The molecule has 0 saturated carbocycles. The van der Waals surface area contributed by atoms with E-state index < -0.39 is 0 Å². The molecule has 2 amide bonds. The maximum Gasteiger partial charge on any atom is 0.251 e. The molecule has 2 rings (SSSR count). The van der Waals surface area contributed by atoms with E-state index >= 15 is 0 Å². The Hall–Kier alpha value is -2.30. The lowest BCUT2D eigenvalue weighted by Gasteiger charge is -2.11. The zero-order valence-corrected chi connectivity index (χ0v) is 12.4. The van der Waals surface area contributed by atoms with Crippen LogP contribution in [0.1, 0.15) is 37.0 Å². The summed E-state index contributed by atoms with van der Waals surface area (Å²) in [4.78, 5) is 26.7. The van der Waals surface area contributed by atoms with Crippen molar-refractivity contribution in [2.24, 2.45) is 0 Å². The van der Waals surface area contributed by atoms with Crippen molar-refractivity contribution in [2.45, 2.75) is 32.7 Å². The topological polar surface area (TPSA) is 74.0 Å². The maximum atomic E-state index is 12.0. The minimum absolute atomic E-state index is 0.0364. The molecule has 3 N–H and O–H groups in total. The molecule has 2 aromatic rings. The van der Waals surface area contributed by atoms with Crippen molar-refractivity contribution in [3.8, 4) is 0 Å². The van der Waals surface area contributed by atoms with Crippen molar-refractivity contribution >= 4 is 22.7 Å². The molecule has 1 unspecified atom stereocenters. The summed E-state index contributed by atoms with van der Waals surface area (Å²) in [5, 5.41) is 6.63. The number of hydrogen-bond donors (Lipinski definition) is 3. The van der Waals surface area contributed by atoms with Crippen LogP contribution in [-0.2, 0) is 4.79 Å². The molecule has 1 heterocycles. The van der Waals surface area contributed by atoms with E-state index in [1.807, 2.05) is 38.2 Å². The molecule has 0 saturated heterocycles. The fraction of sp³-hybridized carbons (Fsp3) is 0.375. The van der Waals surface area contributed by atoms with Crippen LogP contribution in [0.4, 0.5) is 0 Å². The summed E-state index contributed by atoms with van der Waals surface area (Å²) in [6.45, 7) is 4.32. The molecule has 1 atom stereocenters. The van der Waals surface area contributed by atoms with Crippen molar-refractivity contribution in [1.82, 2.24) is 15.6 Å². The van der Waals surface area contributed by atoms with E-state index in [1.165, 1.54) is 0 Å². The van der Waals surface area contributed by atoms with Gasteiger partial charge < -0.3 is 15.6 Å². The van der Waals surface area contributed by atoms with Crippen molar-refractivity contribution in [3.63, 3.8) is 0 Å². The number of aromatic nitrogens is 1. The number of nitrogens with one attached hydrogen (secondary N) is 3. The summed E-state index contributed by atoms with van der Waals surface area (Å²) in [5.41, 5.74) is 1.60. The van der Waals surface area contributed by atoms with E-state index in [1.54, 1.807) is 6.07 Å². The van der Waals surface area contributed by atoms with Gasteiger partial charge in [-0.05, 0) is 37.6 Å². The van der Waals surface area contributed by atoms with Gasteiger partial charge in [-0.25, -0.2) is 0 Å². The summed E-state index contributed by atoms with van der Waals surface area (Å²) in [6, 6.07) is 7.57. The van der Waals surface area contributed by atoms with Crippen LogP contribution in [-0.4, -0.2) is 29.4 Å². The molecule has 1 aromatic heterocycles. The van der Waals surface area contributed by atoms with E-state index in [4.69, 9.17) is 0 Å². The molecule has 0 radical (unpaired) electrons. The first-order valence-electron chi connectivity index (χ1n) is 7.25. The van der Waals surface area contributed by atoms with E-state index in [2.05, 4.69) is 15.6 Å². The van der Waals surface area contributed by atoms with Crippen LogP contribution < -0.4 is 10.6 Å². The number of carbonyl (C=O) groups is 2. The highest BCUT2D eigenvalue weighted by atomic mass is 16.2. The fourth-order valence-corrected chi connectivity index (χ4v) is 2.04. The van der Waals surface area contributed by atoms with E-state index in [0.717, 1.165) is 17.3 Å². The lowest BCUT2D eigenvalue weighted by molar-refractivity contribution is -0.121. The number of fused-ring (bicyclic) bond motifs is 1. The number of carbonyl (C=O) groups excluding carboxylic acids is 2. The van der Waals surface area contributed by atoms with Crippen LogP contribution in [0.15, 0.2) is 30.5 Å². The van der Waals surface area contributed by atoms with Gasteiger partial charge in [-0.2, -0.15) is 0 Å². The SMILES string of the molecule is CCC(C)NC(=O)CCNC(=O)c1ccc2[nH]ccc2c1. The molecule has 0 fully saturated rings. The smallest absolute Gasteiger partial charge is 0.251 e. The number of benzene rings is 1. The van der Waals surface area contributed by atoms with Crippen LogP contribution in [0.5, 0.6) is 0 Å². The predicted octanol–water partition coefficient (Wildman–Crippen LogP) is 2.20. The maximum absolute atomic E-state index is 12.0. The van der Waals surface area contributed by atoms with Gasteiger partial charge in [0.15, 0.2) is 0 Å². The number of rotatable bonds is 6. The van der Waals surface area contributed by atoms with Crippen LogP contribution in [0.25, 0.3) is 10.9 Å². The van der Waals surface area contributed by atoms with Gasteiger partial charge in [0.2, 0.25) is 5.91 Å². The molecule has 112 valence electrons. The molecule has 1 aromatic carbocycles. The summed E-state index contributed by atoms with van der Waals surface area (Å²) in [5.74, 6) is -0.194. The largest absolute Gasteiger partial charge is 0.361 e. The normalized spacial score (nSPS) is 12.1. The van der Waals surface area contributed by atoms with Crippen LogP contribution in [0.2, 0.25) is 0 Å². The molecule has 0 aliphatic rings. The first kappa shape index (κ1) is 15.1. The summed E-state index contributed by atoms with van der Waals surface area (Å²) < 4.78 is 0. The Bertz CT molecular complexity index is 633. The zero-order chi connectivity index (χ0) is 15.2. The van der Waals surface area contributed by atoms with E-state index in [9.17, 15) is 9.59 Å². The quantitative estimate of drug-likeness (QED) is 0.762. The molecular weight excluding hydrogens is 266 g/mol. The summed E-state index contributed by atoms with van der Waals surface area (Å²) in [6.07, 6.45) is 3.03. The molecule has 0 aliphatic carbocycles. The van der Waals surface area contributed by atoms with Gasteiger partial charge in [-0.3, -0.25) is 9.59 Å². The summed E-state index contributed by atoms with van der Waals surface area (Å²) in [7, 11) is 0. The zero-order valence-electron chi connectivity index (χ0n) is 12.4. The number of H-pyrrole nitrogens is 1. The molecule has 0 bridgehead atoms. The first-order chi connectivity index (χ1) is 10.1. The molecule has 0 aliphatic heterocycles. The van der Waals surface area contributed by atoms with Crippen molar-refractivity contribution in [1.29, 1.82) is 0 Å². The van der Waals surface area contributed by atoms with Gasteiger partial charge in [0.1, 0.15) is 0 Å². The monoisotopic (exact) mass is 287 g/mol. The Kier molecular flexibility index (Phi) is 4.98. The Morgan fingerprint density at radius 1 is 1.29 bits per heavy atom. The van der Waals surface area contributed by atoms with Gasteiger partial charge in [-0.15, -0.1) is 0 Å². The summed E-state index contributed by atoms with van der Waals surface area (Å²) >= 11 is 0. The van der Waals surface area contributed by atoms with Crippen LogP contribution >= 0.6 is 0 Å². The third-order valence-electron chi connectivity index (χ3n) is 3.47. The van der Waals surface area contributed by atoms with Gasteiger partial charge in [0, 0.05) is 41.7 Å². The third kappa shape index (κ3) is 4.08. The second-order valence-electron chi connectivity index (χ2n) is 5.16. The minimum atomic E-state index is -0.158. The van der Waals surface area contributed by atoms with Gasteiger partial charge in [0.25, 0.3) is 5.91 Å². The van der Waals surface area contributed by atoms with Crippen molar-refractivity contribution < 1.29 is 9.59 Å². The number of amides is 2. The molecule has 5 nitrogen and oxygen atoms in total. The second-order valence-corrected chi connectivity index (χ2v) is 5.16. The lowest BCUT2D eigenvalue weighted by atomic mass is 10.1. The Balaban J connectivity index is 1.83. The second kappa shape index (κ2) is 6.92. The fourth-order valence-electron chi connectivity index (χ4n) is 2.04. The highest BCUT2D eigenvalue weighted by Gasteiger charge is 2.09. The lowest BCUT2D eigenvalue weighted by Crippen LogP contribution is -2.35. The van der Waals surface area contributed by atoms with Gasteiger partial charge in [0.05, 0.1) is 0 Å². The first-order valence-corrected chi connectivity index (χ1v) is 7.25. The average molecular weight is 287 g/mol. The molecule has 21 heavy (non-hydrogen) atoms. The van der Waals surface area contributed by atoms with Crippen LogP contribution in [0.3, 0.4) is 0 Å². The Labute approximate surface area is 124 Å². The minimum Gasteiger partial charge on any atom is -0.361 e. The highest BCUT2D eigenvalue weighted by molar-refractivity contribution is 5.98. The number of aromatic amines is 1. The molecule has 0 spiro atoms. The highest BCUT2D eigenvalue weighted by Crippen LogP contribution is 2.14. The van der Waals surface area contributed by atoms with Gasteiger partial charge in [-0.1, -0.05) is 6.92 Å². The Morgan fingerprint density at radius 3 is 2.86 bits per heavy atom. The van der Waals surface area contributed by atoms with E-state index in [-0.39, 0.29) is 17.9 Å². The van der Waals surface area contributed by atoms with Crippen molar-refractivity contribution in [3.05, 3.63) is 36.0 Å². The number of hydrogen-bond acceptors (Lipinski definition) is 2. The van der Waals surface area contributed by atoms with Crippen molar-refractivity contribution in [2.75, 3.05) is 6.54 Å².